The summed E-state index contributed by atoms with van der Waals surface area (Å²) in [5, 5.41) is 9.59. The predicted octanol–water partition coefficient (Wildman–Crippen LogP) is 6.51. The quantitative estimate of drug-likeness (QED) is 0.207. The van der Waals surface area contributed by atoms with Gasteiger partial charge in [-0.15, -0.1) is 0 Å². The van der Waals surface area contributed by atoms with E-state index in [-0.39, 0.29) is 30.7 Å². The van der Waals surface area contributed by atoms with Crippen LogP contribution in [0.25, 0.3) is 0 Å². The van der Waals surface area contributed by atoms with E-state index in [1.54, 1.807) is 37.6 Å². The van der Waals surface area contributed by atoms with E-state index >= 15 is 0 Å². The van der Waals surface area contributed by atoms with Crippen molar-refractivity contribution in [3.8, 4) is 16.6 Å². The number of likely N-dealkylation sites (tertiary alicyclic amines) is 1. The number of nitrogens with zero attached hydrogens (tertiary/aromatic N) is 2. The number of benzene rings is 2. The summed E-state index contributed by atoms with van der Waals surface area (Å²) in [5.74, 6) is 1.06. The fraction of sp³-hybridized carbons (Fsp3) is 0.452. The molecular weight excluding hydrogens is 554 g/mol. The molecule has 1 aromatic heterocycles. The minimum atomic E-state index is -0.267. The van der Waals surface area contributed by atoms with Gasteiger partial charge in [-0.25, -0.2) is 9.78 Å². The van der Waals surface area contributed by atoms with Crippen LogP contribution in [0.2, 0.25) is 0 Å². The van der Waals surface area contributed by atoms with Crippen LogP contribution >= 0.6 is 11.3 Å². The Labute approximate surface area is 251 Å². The number of thiazole rings is 1. The number of hydrogen-bond acceptors (Lipinski definition) is 8. The van der Waals surface area contributed by atoms with Gasteiger partial charge in [-0.05, 0) is 75.6 Å². The third-order valence-electron chi connectivity index (χ3n) is 7.18. The lowest BCUT2D eigenvalue weighted by Gasteiger charge is -2.20. The second-order valence-electron chi connectivity index (χ2n) is 10.5. The number of rotatable bonds is 13. The molecule has 3 aromatic rings. The van der Waals surface area contributed by atoms with Crippen LogP contribution in [-0.4, -0.2) is 60.2 Å². The number of methoxy groups -OCH3 is 1. The van der Waals surface area contributed by atoms with Crippen LogP contribution in [0.1, 0.15) is 62.9 Å². The minimum Gasteiger partial charge on any atom is -0.489 e. The molecule has 42 heavy (non-hydrogen) atoms. The van der Waals surface area contributed by atoms with Crippen LogP contribution < -0.4 is 25.4 Å². The van der Waals surface area contributed by atoms with Gasteiger partial charge < -0.3 is 24.8 Å². The first kappa shape index (κ1) is 31.3. The zero-order valence-electron chi connectivity index (χ0n) is 24.9. The molecule has 0 radical (unpaired) electrons. The predicted molar refractivity (Wildman–Crippen MR) is 166 cm³/mol. The lowest BCUT2D eigenvalue weighted by molar-refractivity contribution is 0.102. The monoisotopic (exact) mass is 595 g/mol. The molecule has 0 aliphatic carbocycles. The van der Waals surface area contributed by atoms with Crippen LogP contribution in [-0.2, 0) is 11.3 Å². The molecule has 1 saturated heterocycles. The molecule has 1 aliphatic rings. The Bertz CT molecular complexity index is 1330. The van der Waals surface area contributed by atoms with Gasteiger partial charge in [0.15, 0.2) is 5.13 Å². The normalized spacial score (nSPS) is 15.2. The van der Waals surface area contributed by atoms with Crippen LogP contribution in [0.15, 0.2) is 48.7 Å². The highest BCUT2D eigenvalue weighted by molar-refractivity contribution is 7.17. The molecule has 1 aliphatic heterocycles. The number of nitrogens with one attached hydrogen (secondary N) is 3. The summed E-state index contributed by atoms with van der Waals surface area (Å²) in [6.07, 6.45) is 4.45. The van der Waals surface area contributed by atoms with E-state index in [1.165, 1.54) is 11.3 Å². The van der Waals surface area contributed by atoms with Gasteiger partial charge in [0.2, 0.25) is 5.06 Å². The molecule has 2 aromatic carbocycles. The Morgan fingerprint density at radius 1 is 1.10 bits per heavy atom. The molecule has 0 spiro atoms. The van der Waals surface area contributed by atoms with Crippen molar-refractivity contribution >= 4 is 34.1 Å². The van der Waals surface area contributed by atoms with Crippen molar-refractivity contribution < 1.29 is 23.8 Å². The standard InChI is InChI=1S/C31H41N5O5S/c1-6-23(7-2)33-30(38)34-24-10-13-27(22(16-24)19-39-5)41-28-17-32-31(42-28)35-29(37)21-8-11-25(12-9-21)40-26-14-15-36(18-26)20(3)4/h8-13,16-17,20,23,26H,6-7,14-15,18-19H2,1-5H3,(H,32,35,37)(H2,33,34,38). The van der Waals surface area contributed by atoms with Gasteiger partial charge in [-0.1, -0.05) is 25.2 Å². The summed E-state index contributed by atoms with van der Waals surface area (Å²) in [5.41, 5.74) is 1.90. The van der Waals surface area contributed by atoms with Crippen LogP contribution in [0.4, 0.5) is 15.6 Å². The first-order valence-electron chi connectivity index (χ1n) is 14.4. The minimum absolute atomic E-state index is 0.124. The lowest BCUT2D eigenvalue weighted by Crippen LogP contribution is -2.37. The van der Waals surface area contributed by atoms with Crippen molar-refractivity contribution in [2.75, 3.05) is 30.8 Å². The highest BCUT2D eigenvalue weighted by Crippen LogP contribution is 2.34. The molecule has 3 amide bonds. The van der Waals surface area contributed by atoms with E-state index in [1.807, 2.05) is 32.0 Å². The number of aromatic nitrogens is 1. The SMILES string of the molecule is CCC(CC)NC(=O)Nc1ccc(Oc2cnc(NC(=O)c3ccc(OC4CCN(C(C)C)C4)cc3)s2)c(COC)c1. The number of carbonyl (C=O) groups excluding carboxylic acids is 2. The number of hydrogen-bond donors (Lipinski definition) is 3. The average molecular weight is 596 g/mol. The van der Waals surface area contributed by atoms with E-state index in [0.29, 0.717) is 33.2 Å². The Hall–Kier alpha value is -3.67. The maximum absolute atomic E-state index is 12.8. The smallest absolute Gasteiger partial charge is 0.319 e. The average Bonchev–Trinajstić information content (AvgIpc) is 3.63. The Kier molecular flexibility index (Phi) is 11.2. The van der Waals surface area contributed by atoms with Crippen LogP contribution in [0, 0.1) is 0 Å². The molecule has 1 fully saturated rings. The van der Waals surface area contributed by atoms with Crippen molar-refractivity contribution in [1.82, 2.24) is 15.2 Å². The van der Waals surface area contributed by atoms with Gasteiger partial charge in [0.05, 0.1) is 12.8 Å². The zero-order chi connectivity index (χ0) is 30.1. The molecule has 1 atom stereocenters. The topological polar surface area (TPSA) is 114 Å². The highest BCUT2D eigenvalue weighted by atomic mass is 32.1. The van der Waals surface area contributed by atoms with Crippen LogP contribution in [0.3, 0.4) is 0 Å². The number of anilines is 2. The maximum atomic E-state index is 12.8. The van der Waals surface area contributed by atoms with Crippen molar-refractivity contribution in [3.63, 3.8) is 0 Å². The number of ether oxygens (including phenoxy) is 3. The van der Waals surface area contributed by atoms with Crippen LogP contribution in [0.5, 0.6) is 16.6 Å². The molecular formula is C31H41N5O5S. The summed E-state index contributed by atoms with van der Waals surface area (Å²) in [7, 11) is 1.59. The van der Waals surface area contributed by atoms with E-state index in [9.17, 15) is 9.59 Å². The second-order valence-corrected chi connectivity index (χ2v) is 11.5. The molecule has 2 heterocycles. The number of carbonyl (C=O) groups is 2. The van der Waals surface area contributed by atoms with Crippen molar-refractivity contribution in [2.45, 2.75) is 71.8 Å². The molecule has 3 N–H and O–H groups in total. The first-order chi connectivity index (χ1) is 20.3. The second kappa shape index (κ2) is 15.0. The molecule has 0 bridgehead atoms. The largest absolute Gasteiger partial charge is 0.489 e. The third-order valence-corrected chi connectivity index (χ3v) is 7.97. The molecule has 1 unspecified atom stereocenters. The molecule has 226 valence electrons. The Morgan fingerprint density at radius 2 is 1.86 bits per heavy atom. The van der Waals surface area contributed by atoms with Crippen molar-refractivity contribution in [2.24, 2.45) is 0 Å². The van der Waals surface area contributed by atoms with Gasteiger partial charge >= 0.3 is 6.03 Å². The summed E-state index contributed by atoms with van der Waals surface area (Å²) in [4.78, 5) is 31.9. The fourth-order valence-electron chi connectivity index (χ4n) is 4.71. The lowest BCUT2D eigenvalue weighted by atomic mass is 10.1. The number of urea groups is 1. The van der Waals surface area contributed by atoms with Crippen molar-refractivity contribution in [1.29, 1.82) is 0 Å². The van der Waals surface area contributed by atoms with E-state index in [0.717, 1.165) is 43.7 Å². The molecule has 11 heteroatoms. The summed E-state index contributed by atoms with van der Waals surface area (Å²) in [6, 6.07) is 12.9. The third kappa shape index (κ3) is 8.67. The van der Waals surface area contributed by atoms with Gasteiger partial charge in [-0.3, -0.25) is 15.0 Å². The summed E-state index contributed by atoms with van der Waals surface area (Å²) < 4.78 is 17.5. The summed E-state index contributed by atoms with van der Waals surface area (Å²) in [6.45, 7) is 10.7. The van der Waals surface area contributed by atoms with Crippen molar-refractivity contribution in [3.05, 3.63) is 59.8 Å². The van der Waals surface area contributed by atoms with Gasteiger partial charge in [0, 0.05) is 49.1 Å². The molecule has 10 nitrogen and oxygen atoms in total. The fourth-order valence-corrected chi connectivity index (χ4v) is 5.39. The number of amides is 3. The van der Waals surface area contributed by atoms with Gasteiger partial charge in [0.1, 0.15) is 17.6 Å². The molecule has 0 saturated carbocycles. The van der Waals surface area contributed by atoms with Gasteiger partial charge in [0.25, 0.3) is 5.91 Å². The summed E-state index contributed by atoms with van der Waals surface area (Å²) >= 11 is 1.22. The molecule has 4 rings (SSSR count). The van der Waals surface area contributed by atoms with E-state index < -0.39 is 0 Å². The Balaban J connectivity index is 1.33. The Morgan fingerprint density at radius 3 is 2.52 bits per heavy atom. The van der Waals surface area contributed by atoms with E-state index in [4.69, 9.17) is 14.2 Å². The highest BCUT2D eigenvalue weighted by Gasteiger charge is 2.25. The first-order valence-corrected chi connectivity index (χ1v) is 15.2. The zero-order valence-corrected chi connectivity index (χ0v) is 25.8. The maximum Gasteiger partial charge on any atom is 0.319 e. The van der Waals surface area contributed by atoms with E-state index in [2.05, 4.69) is 39.7 Å². The van der Waals surface area contributed by atoms with Gasteiger partial charge in [-0.2, -0.15) is 0 Å².